The van der Waals surface area contributed by atoms with E-state index < -0.39 is 0 Å². The molecule has 55 heavy (non-hydrogen) atoms. The van der Waals surface area contributed by atoms with Gasteiger partial charge in [-0.25, -0.2) is 15.0 Å². The van der Waals surface area contributed by atoms with E-state index in [-0.39, 0.29) is 5.41 Å². The molecule has 0 N–H and O–H groups in total. The van der Waals surface area contributed by atoms with Gasteiger partial charge < -0.3 is 8.98 Å². The zero-order chi connectivity index (χ0) is 36.8. The standard InChI is InChI=1S/C49H31N5O/c1-49(2)37-22-12-9-19-32(37)34-25-26-35-33-20-10-13-23-38(33)54(44(35)43(34)49)39-27-31(28-50)41(45-42(39)36-21-11-14-24-40(36)55-45)48-52-46(29-15-5-3-6-16-29)51-47(53-48)30-17-7-4-8-18-30/h3-27H,1-2H3. The van der Waals surface area contributed by atoms with Crippen molar-refractivity contribution in [2.75, 3.05) is 0 Å². The van der Waals surface area contributed by atoms with Crippen LogP contribution in [0.4, 0.5) is 0 Å². The predicted molar refractivity (Wildman–Crippen MR) is 220 cm³/mol. The third kappa shape index (κ3) is 4.44. The van der Waals surface area contributed by atoms with Gasteiger partial charge in [-0.1, -0.05) is 147 Å². The number of benzene rings is 7. The van der Waals surface area contributed by atoms with E-state index in [9.17, 15) is 5.26 Å². The number of furan rings is 1. The summed E-state index contributed by atoms with van der Waals surface area (Å²) in [6, 6.07) is 54.2. The van der Waals surface area contributed by atoms with Gasteiger partial charge in [-0.15, -0.1) is 0 Å². The van der Waals surface area contributed by atoms with Crippen molar-refractivity contribution in [1.82, 2.24) is 19.5 Å². The Morgan fingerprint density at radius 1 is 0.600 bits per heavy atom. The molecule has 6 nitrogen and oxygen atoms in total. The maximum atomic E-state index is 11.1. The van der Waals surface area contributed by atoms with E-state index in [1.54, 1.807) is 0 Å². The second-order valence-corrected chi connectivity index (χ2v) is 14.7. The van der Waals surface area contributed by atoms with Crippen LogP contribution in [0, 0.1) is 11.3 Å². The average Bonchev–Trinajstić information content (AvgIpc) is 3.86. The zero-order valence-corrected chi connectivity index (χ0v) is 30.1. The molecule has 0 atom stereocenters. The molecule has 0 saturated heterocycles. The van der Waals surface area contributed by atoms with Crippen molar-refractivity contribution in [3.63, 3.8) is 0 Å². The molecule has 0 aliphatic heterocycles. The van der Waals surface area contributed by atoms with E-state index in [1.807, 2.05) is 84.9 Å². The number of hydrogen-bond acceptors (Lipinski definition) is 5. The molecule has 0 saturated carbocycles. The molecular weight excluding hydrogens is 675 g/mol. The van der Waals surface area contributed by atoms with E-state index in [0.717, 1.165) is 55.0 Å². The molecule has 0 bridgehead atoms. The number of nitrogens with zero attached hydrogens (tertiary/aromatic N) is 5. The highest BCUT2D eigenvalue weighted by atomic mass is 16.3. The van der Waals surface area contributed by atoms with Crippen LogP contribution in [0.15, 0.2) is 156 Å². The first-order valence-corrected chi connectivity index (χ1v) is 18.4. The van der Waals surface area contributed by atoms with Gasteiger partial charge in [0.2, 0.25) is 0 Å². The van der Waals surface area contributed by atoms with Gasteiger partial charge in [0.15, 0.2) is 17.5 Å². The summed E-state index contributed by atoms with van der Waals surface area (Å²) in [4.78, 5) is 15.1. The lowest BCUT2D eigenvalue weighted by Gasteiger charge is -2.24. The van der Waals surface area contributed by atoms with Crippen LogP contribution < -0.4 is 0 Å². The van der Waals surface area contributed by atoms with Gasteiger partial charge in [-0.3, -0.25) is 0 Å². The first-order valence-electron chi connectivity index (χ1n) is 18.4. The molecule has 7 aromatic carbocycles. The minimum absolute atomic E-state index is 0.278. The normalized spacial score (nSPS) is 13.0. The highest BCUT2D eigenvalue weighted by Gasteiger charge is 2.39. The summed E-state index contributed by atoms with van der Waals surface area (Å²) >= 11 is 0. The van der Waals surface area contributed by atoms with Crippen molar-refractivity contribution in [2.45, 2.75) is 19.3 Å². The van der Waals surface area contributed by atoms with Crippen molar-refractivity contribution in [1.29, 1.82) is 5.26 Å². The molecule has 0 fully saturated rings. The van der Waals surface area contributed by atoms with Crippen molar-refractivity contribution in [3.8, 4) is 57.0 Å². The zero-order valence-electron chi connectivity index (χ0n) is 30.1. The van der Waals surface area contributed by atoms with Crippen LogP contribution >= 0.6 is 0 Å². The molecule has 0 unspecified atom stereocenters. The van der Waals surface area contributed by atoms with Crippen molar-refractivity contribution >= 4 is 43.7 Å². The minimum Gasteiger partial charge on any atom is -0.455 e. The summed E-state index contributed by atoms with van der Waals surface area (Å²) in [6.07, 6.45) is 0. The van der Waals surface area contributed by atoms with Crippen LogP contribution in [-0.2, 0) is 5.41 Å². The first-order chi connectivity index (χ1) is 27.0. The van der Waals surface area contributed by atoms with Crippen LogP contribution in [-0.4, -0.2) is 19.5 Å². The quantitative estimate of drug-likeness (QED) is 0.182. The van der Waals surface area contributed by atoms with Crippen LogP contribution in [0.3, 0.4) is 0 Å². The molecule has 258 valence electrons. The van der Waals surface area contributed by atoms with Crippen molar-refractivity contribution in [3.05, 3.63) is 168 Å². The van der Waals surface area contributed by atoms with Gasteiger partial charge in [0.25, 0.3) is 0 Å². The van der Waals surface area contributed by atoms with Gasteiger partial charge >= 0.3 is 0 Å². The SMILES string of the molecule is CC1(C)c2ccccc2-c2ccc3c4ccccc4n(-c4cc(C#N)c(-c5nc(-c6ccccc6)nc(-c6ccccc6)n5)c5oc6ccccc6c45)c3c21. The van der Waals surface area contributed by atoms with Gasteiger partial charge in [0.1, 0.15) is 17.2 Å². The van der Waals surface area contributed by atoms with Gasteiger partial charge in [0, 0.05) is 32.7 Å². The first kappa shape index (κ1) is 31.2. The Morgan fingerprint density at radius 2 is 1.22 bits per heavy atom. The van der Waals surface area contributed by atoms with E-state index in [4.69, 9.17) is 19.4 Å². The number of rotatable bonds is 4. The second-order valence-electron chi connectivity index (χ2n) is 14.7. The number of para-hydroxylation sites is 2. The molecule has 0 amide bonds. The van der Waals surface area contributed by atoms with E-state index in [1.165, 1.54) is 22.3 Å². The molecule has 0 spiro atoms. The highest BCUT2D eigenvalue weighted by molar-refractivity contribution is 6.18. The Balaban J connectivity index is 1.29. The lowest BCUT2D eigenvalue weighted by atomic mass is 9.81. The number of fused-ring (bicyclic) bond motifs is 10. The Bertz CT molecular complexity index is 3180. The minimum atomic E-state index is -0.278. The fourth-order valence-corrected chi connectivity index (χ4v) is 8.85. The predicted octanol–water partition coefficient (Wildman–Crippen LogP) is 12.0. The molecular formula is C49H31N5O. The highest BCUT2D eigenvalue weighted by Crippen LogP contribution is 2.53. The Hall–Kier alpha value is -7.36. The molecule has 1 aliphatic carbocycles. The molecule has 6 heteroatoms. The van der Waals surface area contributed by atoms with E-state index in [0.29, 0.717) is 34.2 Å². The second kappa shape index (κ2) is 11.6. The number of hydrogen-bond donors (Lipinski definition) is 0. The topological polar surface area (TPSA) is 80.5 Å². The molecule has 3 heterocycles. The van der Waals surface area contributed by atoms with Crippen LogP contribution in [0.2, 0.25) is 0 Å². The fraction of sp³-hybridized carbons (Fsp3) is 0.0612. The molecule has 0 radical (unpaired) electrons. The third-order valence-corrected chi connectivity index (χ3v) is 11.3. The van der Waals surface area contributed by atoms with Crippen LogP contribution in [0.5, 0.6) is 0 Å². The number of nitriles is 1. The Morgan fingerprint density at radius 3 is 1.95 bits per heavy atom. The number of aromatic nitrogens is 4. The maximum absolute atomic E-state index is 11.1. The van der Waals surface area contributed by atoms with Gasteiger partial charge in [-0.2, -0.15) is 5.26 Å². The summed E-state index contributed by atoms with van der Waals surface area (Å²) in [5.74, 6) is 1.41. The fourth-order valence-electron chi connectivity index (χ4n) is 8.85. The lowest BCUT2D eigenvalue weighted by Crippen LogP contribution is -2.16. The Labute approximate surface area is 316 Å². The van der Waals surface area contributed by atoms with E-state index in [2.05, 4.69) is 91.2 Å². The summed E-state index contributed by atoms with van der Waals surface area (Å²) in [7, 11) is 0. The molecule has 11 rings (SSSR count). The maximum Gasteiger partial charge on any atom is 0.169 e. The van der Waals surface area contributed by atoms with E-state index >= 15 is 0 Å². The monoisotopic (exact) mass is 705 g/mol. The summed E-state index contributed by atoms with van der Waals surface area (Å²) < 4.78 is 9.22. The summed E-state index contributed by atoms with van der Waals surface area (Å²) in [6.45, 7) is 4.64. The molecule has 10 aromatic rings. The third-order valence-electron chi connectivity index (χ3n) is 11.3. The summed E-state index contributed by atoms with van der Waals surface area (Å²) in [5, 5.41) is 15.3. The average molecular weight is 706 g/mol. The Kier molecular flexibility index (Phi) is 6.56. The van der Waals surface area contributed by atoms with Gasteiger partial charge in [0.05, 0.1) is 33.2 Å². The van der Waals surface area contributed by atoms with Crippen molar-refractivity contribution < 1.29 is 4.42 Å². The van der Waals surface area contributed by atoms with Crippen LogP contribution in [0.1, 0.15) is 30.5 Å². The largest absolute Gasteiger partial charge is 0.455 e. The molecule has 3 aromatic heterocycles. The van der Waals surface area contributed by atoms with Gasteiger partial charge in [-0.05, 0) is 40.5 Å². The summed E-state index contributed by atoms with van der Waals surface area (Å²) in [5.41, 5.74) is 11.7. The van der Waals surface area contributed by atoms with Crippen molar-refractivity contribution in [2.24, 2.45) is 0 Å². The van der Waals surface area contributed by atoms with Crippen LogP contribution in [0.25, 0.3) is 94.7 Å². The smallest absolute Gasteiger partial charge is 0.169 e. The molecule has 1 aliphatic rings. The lowest BCUT2D eigenvalue weighted by molar-refractivity contribution is 0.664.